The average molecular weight is 538 g/mol. The molecule has 1 aliphatic rings. The molecule has 0 radical (unpaired) electrons. The molecule has 170 valence electrons. The van der Waals surface area contributed by atoms with Crippen LogP contribution in [-0.2, 0) is 17.8 Å². The van der Waals surface area contributed by atoms with Gasteiger partial charge >= 0.3 is 0 Å². The summed E-state index contributed by atoms with van der Waals surface area (Å²) in [7, 11) is 0. The van der Waals surface area contributed by atoms with Gasteiger partial charge in [-0.1, -0.05) is 36.4 Å². The lowest BCUT2D eigenvalue weighted by molar-refractivity contribution is 0.0341. The third-order valence-corrected chi connectivity index (χ3v) is 5.02. The highest BCUT2D eigenvalue weighted by Crippen LogP contribution is 2.14. The normalized spacial score (nSPS) is 14.6. The predicted molar refractivity (Wildman–Crippen MR) is 137 cm³/mol. The molecule has 1 aliphatic heterocycles. The summed E-state index contributed by atoms with van der Waals surface area (Å²) in [4.78, 5) is 7.23. The van der Waals surface area contributed by atoms with Gasteiger partial charge in [0.05, 0.1) is 26.3 Å². The van der Waals surface area contributed by atoms with E-state index in [1.165, 1.54) is 16.7 Å². The Kier molecular flexibility index (Phi) is 11.7. The summed E-state index contributed by atoms with van der Waals surface area (Å²) < 4.78 is 11.3. The second kappa shape index (κ2) is 14.3. The highest BCUT2D eigenvalue weighted by Gasteiger charge is 2.12. The van der Waals surface area contributed by atoms with Crippen LogP contribution in [0.25, 0.3) is 0 Å². The molecule has 0 atom stereocenters. The smallest absolute Gasteiger partial charge is 0.191 e. The van der Waals surface area contributed by atoms with Gasteiger partial charge in [0.1, 0.15) is 12.4 Å². The number of benzene rings is 2. The van der Waals surface area contributed by atoms with Gasteiger partial charge in [0.25, 0.3) is 0 Å². The van der Waals surface area contributed by atoms with Crippen molar-refractivity contribution in [1.82, 2.24) is 15.5 Å². The number of nitrogens with zero attached hydrogens (tertiary/aromatic N) is 2. The molecular weight excluding hydrogens is 503 g/mol. The number of halogens is 1. The monoisotopic (exact) mass is 538 g/mol. The van der Waals surface area contributed by atoms with Crippen LogP contribution in [0.5, 0.6) is 5.75 Å². The number of rotatable bonds is 9. The highest BCUT2D eigenvalue weighted by molar-refractivity contribution is 14.0. The van der Waals surface area contributed by atoms with Crippen molar-refractivity contribution in [2.75, 3.05) is 46.0 Å². The molecule has 0 spiro atoms. The van der Waals surface area contributed by atoms with Crippen LogP contribution in [0, 0.1) is 6.92 Å². The number of aryl methyl sites for hydroxylation is 1. The first-order valence-corrected chi connectivity index (χ1v) is 10.8. The Morgan fingerprint density at radius 1 is 1.06 bits per heavy atom. The van der Waals surface area contributed by atoms with Gasteiger partial charge in [0.2, 0.25) is 0 Å². The Labute approximate surface area is 203 Å². The second-order valence-corrected chi connectivity index (χ2v) is 7.44. The SMILES string of the molecule is CCNC(=NCc1ccccc1CN1CCOCC1)NCCOc1cccc(C)c1.I. The summed E-state index contributed by atoms with van der Waals surface area (Å²) in [6.07, 6.45) is 0. The van der Waals surface area contributed by atoms with Crippen LogP contribution in [0.15, 0.2) is 53.5 Å². The van der Waals surface area contributed by atoms with Crippen molar-refractivity contribution in [1.29, 1.82) is 0 Å². The second-order valence-electron chi connectivity index (χ2n) is 7.44. The van der Waals surface area contributed by atoms with Gasteiger partial charge in [-0.15, -0.1) is 24.0 Å². The minimum atomic E-state index is 0. The zero-order chi connectivity index (χ0) is 21.0. The van der Waals surface area contributed by atoms with E-state index in [2.05, 4.69) is 59.7 Å². The molecule has 0 aromatic heterocycles. The average Bonchev–Trinajstić information content (AvgIpc) is 2.76. The van der Waals surface area contributed by atoms with Gasteiger partial charge in [0, 0.05) is 26.2 Å². The molecule has 3 rings (SSSR count). The van der Waals surface area contributed by atoms with E-state index in [-0.39, 0.29) is 24.0 Å². The number of morpholine rings is 1. The minimum absolute atomic E-state index is 0. The highest BCUT2D eigenvalue weighted by atomic mass is 127. The van der Waals surface area contributed by atoms with Gasteiger partial charge in [-0.05, 0) is 42.7 Å². The number of hydrogen-bond donors (Lipinski definition) is 2. The zero-order valence-electron chi connectivity index (χ0n) is 18.6. The Morgan fingerprint density at radius 2 is 1.84 bits per heavy atom. The van der Waals surface area contributed by atoms with Crippen LogP contribution < -0.4 is 15.4 Å². The molecule has 0 unspecified atom stereocenters. The zero-order valence-corrected chi connectivity index (χ0v) is 20.9. The number of aliphatic imine (C=N–C) groups is 1. The molecule has 31 heavy (non-hydrogen) atoms. The largest absolute Gasteiger partial charge is 0.492 e. The van der Waals surface area contributed by atoms with Crippen molar-refractivity contribution in [3.63, 3.8) is 0 Å². The van der Waals surface area contributed by atoms with E-state index in [0.717, 1.165) is 51.1 Å². The molecule has 0 aliphatic carbocycles. The molecule has 2 aromatic rings. The summed E-state index contributed by atoms with van der Waals surface area (Å²) in [6.45, 7) is 11.4. The van der Waals surface area contributed by atoms with E-state index in [4.69, 9.17) is 14.5 Å². The van der Waals surface area contributed by atoms with E-state index >= 15 is 0 Å². The maximum absolute atomic E-state index is 5.82. The summed E-state index contributed by atoms with van der Waals surface area (Å²) in [6, 6.07) is 16.7. The third-order valence-electron chi connectivity index (χ3n) is 5.02. The van der Waals surface area contributed by atoms with Gasteiger partial charge in [-0.2, -0.15) is 0 Å². The predicted octanol–water partition coefficient (Wildman–Crippen LogP) is 3.58. The maximum atomic E-state index is 5.82. The van der Waals surface area contributed by atoms with Gasteiger partial charge in [0.15, 0.2) is 5.96 Å². The summed E-state index contributed by atoms with van der Waals surface area (Å²) in [5.74, 6) is 1.71. The number of ether oxygens (including phenoxy) is 2. The Balaban J connectivity index is 0.00000341. The van der Waals surface area contributed by atoms with E-state index in [1.807, 2.05) is 18.2 Å². The topological polar surface area (TPSA) is 58.1 Å². The van der Waals surface area contributed by atoms with Crippen molar-refractivity contribution in [2.24, 2.45) is 4.99 Å². The lowest BCUT2D eigenvalue weighted by Gasteiger charge is -2.27. The quantitative estimate of drug-likeness (QED) is 0.221. The molecule has 1 saturated heterocycles. The lowest BCUT2D eigenvalue weighted by Crippen LogP contribution is -2.39. The van der Waals surface area contributed by atoms with Crippen molar-refractivity contribution in [2.45, 2.75) is 26.9 Å². The van der Waals surface area contributed by atoms with Crippen molar-refractivity contribution in [3.8, 4) is 5.75 Å². The minimum Gasteiger partial charge on any atom is -0.492 e. The van der Waals surface area contributed by atoms with Crippen LogP contribution >= 0.6 is 24.0 Å². The molecule has 1 heterocycles. The fourth-order valence-corrected chi connectivity index (χ4v) is 3.42. The fourth-order valence-electron chi connectivity index (χ4n) is 3.42. The number of nitrogens with one attached hydrogen (secondary N) is 2. The Hall–Kier alpha value is -1.84. The van der Waals surface area contributed by atoms with Crippen LogP contribution in [-0.4, -0.2) is 56.9 Å². The third kappa shape index (κ3) is 9.04. The lowest BCUT2D eigenvalue weighted by atomic mass is 10.1. The van der Waals surface area contributed by atoms with Crippen LogP contribution in [0.4, 0.5) is 0 Å². The van der Waals surface area contributed by atoms with Gasteiger partial charge in [-0.25, -0.2) is 4.99 Å². The summed E-state index contributed by atoms with van der Waals surface area (Å²) in [5.41, 5.74) is 3.80. The Bertz CT molecular complexity index is 810. The molecule has 0 amide bonds. The molecule has 0 saturated carbocycles. The standard InChI is InChI=1S/C24H34N4O2.HI/c1-3-25-24(26-11-14-30-23-10-6-7-20(2)17-23)27-18-21-8-4-5-9-22(21)19-28-12-15-29-16-13-28;/h4-10,17H,3,11-16,18-19H2,1-2H3,(H2,25,26,27);1H. The molecule has 0 bridgehead atoms. The van der Waals surface area contributed by atoms with Gasteiger partial charge < -0.3 is 20.1 Å². The first-order valence-electron chi connectivity index (χ1n) is 10.8. The fraction of sp³-hybridized carbons (Fsp3) is 0.458. The van der Waals surface area contributed by atoms with E-state index in [0.29, 0.717) is 19.7 Å². The van der Waals surface area contributed by atoms with Gasteiger partial charge in [-0.3, -0.25) is 4.90 Å². The van der Waals surface area contributed by atoms with Crippen LogP contribution in [0.3, 0.4) is 0 Å². The Morgan fingerprint density at radius 3 is 2.58 bits per heavy atom. The molecule has 6 nitrogen and oxygen atoms in total. The first-order chi connectivity index (χ1) is 14.7. The van der Waals surface area contributed by atoms with E-state index < -0.39 is 0 Å². The van der Waals surface area contributed by atoms with E-state index in [9.17, 15) is 0 Å². The summed E-state index contributed by atoms with van der Waals surface area (Å²) in [5, 5.41) is 6.68. The summed E-state index contributed by atoms with van der Waals surface area (Å²) >= 11 is 0. The van der Waals surface area contributed by atoms with Crippen molar-refractivity contribution >= 4 is 29.9 Å². The van der Waals surface area contributed by atoms with Crippen LogP contribution in [0.1, 0.15) is 23.6 Å². The molecule has 2 aromatic carbocycles. The maximum Gasteiger partial charge on any atom is 0.191 e. The van der Waals surface area contributed by atoms with E-state index in [1.54, 1.807) is 0 Å². The first kappa shape index (κ1) is 25.4. The van der Waals surface area contributed by atoms with Crippen molar-refractivity contribution in [3.05, 3.63) is 65.2 Å². The molecular formula is C24H35IN4O2. The number of hydrogen-bond acceptors (Lipinski definition) is 4. The number of guanidine groups is 1. The molecule has 1 fully saturated rings. The molecule has 2 N–H and O–H groups in total. The van der Waals surface area contributed by atoms with Crippen LogP contribution in [0.2, 0.25) is 0 Å². The van der Waals surface area contributed by atoms with Crippen molar-refractivity contribution < 1.29 is 9.47 Å². The molecule has 7 heteroatoms.